The summed E-state index contributed by atoms with van der Waals surface area (Å²) in [5.74, 6) is -0.0755. The normalized spacial score (nSPS) is 16.2. The lowest BCUT2D eigenvalue weighted by atomic mass is 10.2. The monoisotopic (exact) mass is 262 g/mol. The average molecular weight is 262 g/mol. The van der Waals surface area contributed by atoms with E-state index in [0.717, 1.165) is 5.69 Å². The molecule has 0 spiro atoms. The van der Waals surface area contributed by atoms with Gasteiger partial charge in [0.25, 0.3) is 5.91 Å². The Morgan fingerprint density at radius 1 is 1.58 bits per heavy atom. The van der Waals surface area contributed by atoms with Gasteiger partial charge in [-0.1, -0.05) is 0 Å². The van der Waals surface area contributed by atoms with Crippen LogP contribution in [0.3, 0.4) is 0 Å². The summed E-state index contributed by atoms with van der Waals surface area (Å²) < 4.78 is 0. The molecular weight excluding hydrogens is 240 g/mol. The van der Waals surface area contributed by atoms with Gasteiger partial charge >= 0.3 is 0 Å². The summed E-state index contributed by atoms with van der Waals surface area (Å²) in [7, 11) is 3.92. The first-order valence-electron chi connectivity index (χ1n) is 6.75. The molecule has 104 valence electrons. The fourth-order valence-corrected chi connectivity index (χ4v) is 2.11. The first-order valence-corrected chi connectivity index (χ1v) is 6.75. The van der Waals surface area contributed by atoms with Gasteiger partial charge in [0.15, 0.2) is 0 Å². The molecule has 2 rings (SSSR count). The highest BCUT2D eigenvalue weighted by Gasteiger charge is 2.29. The number of carbonyl (C=O) groups excluding carboxylic acids is 1. The van der Waals surface area contributed by atoms with Gasteiger partial charge in [0.2, 0.25) is 0 Å². The number of anilines is 1. The van der Waals surface area contributed by atoms with Crippen molar-refractivity contribution in [1.29, 1.82) is 0 Å². The summed E-state index contributed by atoms with van der Waals surface area (Å²) in [5.41, 5.74) is 1.39. The van der Waals surface area contributed by atoms with Crippen molar-refractivity contribution >= 4 is 11.6 Å². The molecule has 5 nitrogen and oxygen atoms in total. The summed E-state index contributed by atoms with van der Waals surface area (Å²) in [4.78, 5) is 18.5. The molecule has 1 saturated carbocycles. The number of hydrogen-bond donors (Lipinski definition) is 2. The van der Waals surface area contributed by atoms with Gasteiger partial charge in [-0.15, -0.1) is 0 Å². The second kappa shape index (κ2) is 6.02. The number of rotatable bonds is 6. The van der Waals surface area contributed by atoms with Crippen LogP contribution in [0.4, 0.5) is 5.69 Å². The maximum absolute atomic E-state index is 12.1. The standard InChI is InChI=1S/C14H22N4O/c1-10(18(3)11-4-5-11)8-17-14(19)12-9-16-7-6-13(12)15-2/h6-7,9-11H,4-5,8H2,1-3H3,(H,15,16)(H,17,19). The van der Waals surface area contributed by atoms with Gasteiger partial charge in [0.1, 0.15) is 0 Å². The van der Waals surface area contributed by atoms with Crippen molar-refractivity contribution in [3.63, 3.8) is 0 Å². The first-order chi connectivity index (χ1) is 9.13. The summed E-state index contributed by atoms with van der Waals surface area (Å²) in [6.07, 6.45) is 5.82. The van der Waals surface area contributed by atoms with E-state index in [1.165, 1.54) is 12.8 Å². The Morgan fingerprint density at radius 3 is 2.95 bits per heavy atom. The molecule has 0 radical (unpaired) electrons. The van der Waals surface area contributed by atoms with E-state index in [1.807, 2.05) is 0 Å². The maximum atomic E-state index is 12.1. The summed E-state index contributed by atoms with van der Waals surface area (Å²) in [6.45, 7) is 2.80. The molecule has 19 heavy (non-hydrogen) atoms. The third-order valence-corrected chi connectivity index (χ3v) is 3.71. The van der Waals surface area contributed by atoms with Gasteiger partial charge in [-0.2, -0.15) is 0 Å². The number of amides is 1. The van der Waals surface area contributed by atoms with Crippen molar-refractivity contribution in [3.8, 4) is 0 Å². The first kappa shape index (κ1) is 13.8. The zero-order chi connectivity index (χ0) is 13.8. The molecule has 1 aliphatic carbocycles. The quantitative estimate of drug-likeness (QED) is 0.812. The molecule has 1 aromatic heterocycles. The fourth-order valence-electron chi connectivity index (χ4n) is 2.11. The minimum absolute atomic E-state index is 0.0755. The Kier molecular flexibility index (Phi) is 4.37. The molecule has 1 aliphatic rings. The molecule has 1 atom stereocenters. The Hall–Kier alpha value is -1.62. The number of nitrogens with one attached hydrogen (secondary N) is 2. The Labute approximate surface area is 114 Å². The van der Waals surface area contributed by atoms with Crippen molar-refractivity contribution in [2.45, 2.75) is 31.8 Å². The van der Waals surface area contributed by atoms with E-state index in [0.29, 0.717) is 24.2 Å². The fraction of sp³-hybridized carbons (Fsp3) is 0.571. The summed E-state index contributed by atoms with van der Waals surface area (Å²) in [6, 6.07) is 2.86. The van der Waals surface area contributed by atoms with Crippen molar-refractivity contribution in [1.82, 2.24) is 15.2 Å². The molecule has 0 bridgehead atoms. The zero-order valence-electron chi connectivity index (χ0n) is 11.8. The van der Waals surface area contributed by atoms with Crippen molar-refractivity contribution in [2.75, 3.05) is 26.0 Å². The van der Waals surface area contributed by atoms with Gasteiger partial charge in [-0.05, 0) is 32.9 Å². The number of pyridine rings is 1. The summed E-state index contributed by atoms with van der Waals surface area (Å²) >= 11 is 0. The lowest BCUT2D eigenvalue weighted by Crippen LogP contribution is -2.41. The van der Waals surface area contributed by atoms with Crippen LogP contribution in [0.15, 0.2) is 18.5 Å². The van der Waals surface area contributed by atoms with Gasteiger partial charge in [0, 0.05) is 43.8 Å². The van der Waals surface area contributed by atoms with E-state index >= 15 is 0 Å². The Balaban J connectivity index is 1.89. The third kappa shape index (κ3) is 3.44. The second-order valence-corrected chi connectivity index (χ2v) is 5.13. The van der Waals surface area contributed by atoms with Gasteiger partial charge in [0.05, 0.1) is 5.56 Å². The molecule has 1 aromatic rings. The van der Waals surface area contributed by atoms with Crippen LogP contribution >= 0.6 is 0 Å². The lowest BCUT2D eigenvalue weighted by molar-refractivity contribution is 0.0940. The number of carbonyl (C=O) groups is 1. The smallest absolute Gasteiger partial charge is 0.255 e. The van der Waals surface area contributed by atoms with Crippen molar-refractivity contribution in [2.24, 2.45) is 0 Å². The second-order valence-electron chi connectivity index (χ2n) is 5.13. The predicted octanol–water partition coefficient (Wildman–Crippen LogP) is 1.34. The SMILES string of the molecule is CNc1ccncc1C(=O)NCC(C)N(C)C1CC1. The minimum atomic E-state index is -0.0755. The molecule has 1 unspecified atom stereocenters. The Bertz CT molecular complexity index is 445. The number of likely N-dealkylation sites (N-methyl/N-ethyl adjacent to an activating group) is 1. The Morgan fingerprint density at radius 2 is 2.32 bits per heavy atom. The van der Waals surface area contributed by atoms with Crippen LogP contribution in [0, 0.1) is 0 Å². The topological polar surface area (TPSA) is 57.3 Å². The molecule has 1 fully saturated rings. The van der Waals surface area contributed by atoms with Gasteiger partial charge in [-0.3, -0.25) is 14.7 Å². The van der Waals surface area contributed by atoms with Crippen LogP contribution in [-0.4, -0.2) is 48.5 Å². The van der Waals surface area contributed by atoms with Crippen molar-refractivity contribution in [3.05, 3.63) is 24.0 Å². The lowest BCUT2D eigenvalue weighted by Gasteiger charge is -2.24. The zero-order valence-corrected chi connectivity index (χ0v) is 11.8. The summed E-state index contributed by atoms with van der Waals surface area (Å²) in [5, 5.41) is 5.98. The van der Waals surface area contributed by atoms with Crippen LogP contribution in [-0.2, 0) is 0 Å². The van der Waals surface area contributed by atoms with E-state index in [4.69, 9.17) is 0 Å². The highest BCUT2D eigenvalue weighted by atomic mass is 16.1. The average Bonchev–Trinajstić information content (AvgIpc) is 3.28. The number of aromatic nitrogens is 1. The number of hydrogen-bond acceptors (Lipinski definition) is 4. The van der Waals surface area contributed by atoms with Crippen LogP contribution in [0.1, 0.15) is 30.1 Å². The van der Waals surface area contributed by atoms with Crippen LogP contribution in [0.2, 0.25) is 0 Å². The van der Waals surface area contributed by atoms with Gasteiger partial charge in [-0.25, -0.2) is 0 Å². The molecule has 1 amide bonds. The highest BCUT2D eigenvalue weighted by Crippen LogP contribution is 2.26. The van der Waals surface area contributed by atoms with Crippen LogP contribution in [0.5, 0.6) is 0 Å². The number of nitrogens with zero attached hydrogens (tertiary/aromatic N) is 2. The molecular formula is C14H22N4O. The molecule has 2 N–H and O–H groups in total. The molecule has 0 aliphatic heterocycles. The van der Waals surface area contributed by atoms with E-state index in [-0.39, 0.29) is 5.91 Å². The van der Waals surface area contributed by atoms with Gasteiger partial charge < -0.3 is 10.6 Å². The third-order valence-electron chi connectivity index (χ3n) is 3.71. The van der Waals surface area contributed by atoms with E-state index < -0.39 is 0 Å². The predicted molar refractivity (Wildman–Crippen MR) is 76.4 cm³/mol. The maximum Gasteiger partial charge on any atom is 0.255 e. The highest BCUT2D eigenvalue weighted by molar-refractivity contribution is 5.99. The molecule has 0 aromatic carbocycles. The van der Waals surface area contributed by atoms with E-state index in [9.17, 15) is 4.79 Å². The van der Waals surface area contributed by atoms with E-state index in [1.54, 1.807) is 25.5 Å². The van der Waals surface area contributed by atoms with Crippen LogP contribution < -0.4 is 10.6 Å². The van der Waals surface area contributed by atoms with E-state index in [2.05, 4.69) is 34.5 Å². The molecule has 5 heteroatoms. The largest absolute Gasteiger partial charge is 0.387 e. The molecule has 0 saturated heterocycles. The van der Waals surface area contributed by atoms with Crippen LogP contribution in [0.25, 0.3) is 0 Å². The minimum Gasteiger partial charge on any atom is -0.387 e. The molecule has 1 heterocycles. The van der Waals surface area contributed by atoms with Crippen molar-refractivity contribution < 1.29 is 4.79 Å².